The lowest BCUT2D eigenvalue weighted by atomic mass is 10.0. The first kappa shape index (κ1) is 15.9. The highest BCUT2D eigenvalue weighted by Gasteiger charge is 2.19. The summed E-state index contributed by atoms with van der Waals surface area (Å²) in [7, 11) is 1.65. The van der Waals surface area contributed by atoms with Crippen molar-refractivity contribution in [3.63, 3.8) is 0 Å². The van der Waals surface area contributed by atoms with Crippen molar-refractivity contribution in [2.75, 3.05) is 20.1 Å². The SMILES string of the molecule is CC(C)NC(=O)CN(C)C(=O)C(C)CCCN. The van der Waals surface area contributed by atoms with E-state index in [0.29, 0.717) is 6.54 Å². The topological polar surface area (TPSA) is 75.4 Å². The highest BCUT2D eigenvalue weighted by molar-refractivity contribution is 5.85. The van der Waals surface area contributed by atoms with Gasteiger partial charge in [0.25, 0.3) is 0 Å². The molecule has 0 aromatic heterocycles. The molecule has 0 aromatic rings. The van der Waals surface area contributed by atoms with Crippen molar-refractivity contribution in [1.82, 2.24) is 10.2 Å². The van der Waals surface area contributed by atoms with E-state index < -0.39 is 0 Å². The normalized spacial score (nSPS) is 12.4. The molecular formula is C12H25N3O2. The summed E-state index contributed by atoms with van der Waals surface area (Å²) in [5.74, 6) is -0.199. The Morgan fingerprint density at radius 1 is 1.29 bits per heavy atom. The third-order valence-electron chi connectivity index (χ3n) is 2.47. The Morgan fingerprint density at radius 2 is 1.88 bits per heavy atom. The Morgan fingerprint density at radius 3 is 2.35 bits per heavy atom. The van der Waals surface area contributed by atoms with Crippen LogP contribution >= 0.6 is 0 Å². The summed E-state index contributed by atoms with van der Waals surface area (Å²) in [6, 6.07) is 0.0978. The molecule has 0 aliphatic rings. The summed E-state index contributed by atoms with van der Waals surface area (Å²) >= 11 is 0. The maximum Gasteiger partial charge on any atom is 0.239 e. The zero-order chi connectivity index (χ0) is 13.4. The second-order valence-corrected chi connectivity index (χ2v) is 4.75. The van der Waals surface area contributed by atoms with Crippen LogP contribution in [0.1, 0.15) is 33.6 Å². The first-order valence-corrected chi connectivity index (χ1v) is 6.12. The third kappa shape index (κ3) is 6.94. The molecule has 1 atom stereocenters. The number of hydrogen-bond acceptors (Lipinski definition) is 3. The maximum absolute atomic E-state index is 11.9. The van der Waals surface area contributed by atoms with Crippen LogP contribution in [0, 0.1) is 5.92 Å². The number of rotatable bonds is 7. The van der Waals surface area contributed by atoms with E-state index in [2.05, 4.69) is 5.32 Å². The number of carbonyl (C=O) groups is 2. The smallest absolute Gasteiger partial charge is 0.239 e. The molecule has 0 spiro atoms. The largest absolute Gasteiger partial charge is 0.352 e. The van der Waals surface area contributed by atoms with Crippen LogP contribution in [0.3, 0.4) is 0 Å². The van der Waals surface area contributed by atoms with Gasteiger partial charge in [-0.05, 0) is 33.2 Å². The van der Waals surface area contributed by atoms with Crippen LogP contribution in [-0.4, -0.2) is 42.9 Å². The minimum Gasteiger partial charge on any atom is -0.352 e. The predicted octanol–water partition coefficient (Wildman–Crippen LogP) is 0.344. The van der Waals surface area contributed by atoms with Gasteiger partial charge in [-0.2, -0.15) is 0 Å². The first-order chi connectivity index (χ1) is 7.88. The minimum atomic E-state index is -0.123. The maximum atomic E-state index is 11.9. The number of nitrogens with two attached hydrogens (primary N) is 1. The fourth-order valence-electron chi connectivity index (χ4n) is 1.58. The van der Waals surface area contributed by atoms with Gasteiger partial charge in [-0.15, -0.1) is 0 Å². The summed E-state index contributed by atoms with van der Waals surface area (Å²) in [4.78, 5) is 24.8. The van der Waals surface area contributed by atoms with Gasteiger partial charge in [-0.1, -0.05) is 6.92 Å². The zero-order valence-electron chi connectivity index (χ0n) is 11.3. The molecule has 0 radical (unpaired) electrons. The second-order valence-electron chi connectivity index (χ2n) is 4.75. The highest BCUT2D eigenvalue weighted by Crippen LogP contribution is 2.08. The van der Waals surface area contributed by atoms with Crippen molar-refractivity contribution in [3.05, 3.63) is 0 Å². The minimum absolute atomic E-state index is 0.00245. The average Bonchev–Trinajstić information content (AvgIpc) is 2.23. The van der Waals surface area contributed by atoms with E-state index in [1.165, 1.54) is 4.90 Å². The molecule has 3 N–H and O–H groups in total. The molecule has 0 saturated heterocycles. The number of hydrogen-bond donors (Lipinski definition) is 2. The molecule has 2 amide bonds. The molecule has 0 fully saturated rings. The molecule has 0 aliphatic carbocycles. The van der Waals surface area contributed by atoms with Gasteiger partial charge in [0.15, 0.2) is 0 Å². The lowest BCUT2D eigenvalue weighted by molar-refractivity contribution is -0.137. The van der Waals surface area contributed by atoms with Crippen molar-refractivity contribution in [2.45, 2.75) is 39.7 Å². The number of amides is 2. The molecule has 0 rings (SSSR count). The molecule has 0 aliphatic heterocycles. The van der Waals surface area contributed by atoms with Gasteiger partial charge in [0.1, 0.15) is 0 Å². The molecule has 0 bridgehead atoms. The fourth-order valence-corrected chi connectivity index (χ4v) is 1.58. The molecule has 17 heavy (non-hydrogen) atoms. The molecule has 5 nitrogen and oxygen atoms in total. The summed E-state index contributed by atoms with van der Waals surface area (Å²) in [5, 5.41) is 2.76. The average molecular weight is 243 g/mol. The zero-order valence-corrected chi connectivity index (χ0v) is 11.3. The number of nitrogens with one attached hydrogen (secondary N) is 1. The number of nitrogens with zero attached hydrogens (tertiary/aromatic N) is 1. The third-order valence-corrected chi connectivity index (χ3v) is 2.47. The van der Waals surface area contributed by atoms with Crippen LogP contribution < -0.4 is 11.1 Å². The van der Waals surface area contributed by atoms with Gasteiger partial charge in [0.05, 0.1) is 6.54 Å². The van der Waals surface area contributed by atoms with Gasteiger partial charge in [0, 0.05) is 19.0 Å². The van der Waals surface area contributed by atoms with Gasteiger partial charge >= 0.3 is 0 Å². The van der Waals surface area contributed by atoms with Crippen LogP contribution in [0.15, 0.2) is 0 Å². The standard InChI is InChI=1S/C12H25N3O2/c1-9(2)14-11(16)8-15(4)12(17)10(3)6-5-7-13/h9-10H,5-8,13H2,1-4H3,(H,14,16). The van der Waals surface area contributed by atoms with Crippen LogP contribution in [0.2, 0.25) is 0 Å². The first-order valence-electron chi connectivity index (χ1n) is 6.12. The van der Waals surface area contributed by atoms with Crippen LogP contribution in [0.4, 0.5) is 0 Å². The molecule has 0 heterocycles. The van der Waals surface area contributed by atoms with E-state index >= 15 is 0 Å². The number of carbonyl (C=O) groups excluding carboxylic acids is 2. The summed E-state index contributed by atoms with van der Waals surface area (Å²) in [6.07, 6.45) is 1.60. The van der Waals surface area contributed by atoms with Crippen molar-refractivity contribution in [1.29, 1.82) is 0 Å². The molecule has 100 valence electrons. The van der Waals surface area contributed by atoms with Crippen LogP contribution in [-0.2, 0) is 9.59 Å². The second kappa shape index (κ2) is 8.06. The Labute approximate surface area is 104 Å². The van der Waals surface area contributed by atoms with E-state index in [1.807, 2.05) is 20.8 Å². The van der Waals surface area contributed by atoms with E-state index in [1.54, 1.807) is 7.05 Å². The van der Waals surface area contributed by atoms with Crippen LogP contribution in [0.5, 0.6) is 0 Å². The van der Waals surface area contributed by atoms with Crippen molar-refractivity contribution < 1.29 is 9.59 Å². The lowest BCUT2D eigenvalue weighted by Gasteiger charge is -2.21. The molecule has 0 aromatic carbocycles. The van der Waals surface area contributed by atoms with E-state index in [0.717, 1.165) is 12.8 Å². The van der Waals surface area contributed by atoms with Crippen molar-refractivity contribution >= 4 is 11.8 Å². The fraction of sp³-hybridized carbons (Fsp3) is 0.833. The molecule has 5 heteroatoms. The van der Waals surface area contributed by atoms with E-state index in [-0.39, 0.29) is 30.3 Å². The Hall–Kier alpha value is -1.10. The van der Waals surface area contributed by atoms with Gasteiger partial charge in [-0.3, -0.25) is 9.59 Å². The monoisotopic (exact) mass is 243 g/mol. The molecule has 1 unspecified atom stereocenters. The van der Waals surface area contributed by atoms with E-state index in [9.17, 15) is 9.59 Å². The summed E-state index contributed by atoms with van der Waals surface area (Å²) in [6.45, 7) is 6.36. The van der Waals surface area contributed by atoms with Gasteiger partial charge in [0.2, 0.25) is 11.8 Å². The van der Waals surface area contributed by atoms with Gasteiger partial charge in [-0.25, -0.2) is 0 Å². The quantitative estimate of drug-likeness (QED) is 0.677. The Balaban J connectivity index is 4.08. The molecular weight excluding hydrogens is 218 g/mol. The lowest BCUT2D eigenvalue weighted by Crippen LogP contribution is -2.42. The van der Waals surface area contributed by atoms with Crippen molar-refractivity contribution in [3.8, 4) is 0 Å². The van der Waals surface area contributed by atoms with E-state index in [4.69, 9.17) is 5.73 Å². The van der Waals surface area contributed by atoms with Gasteiger partial charge < -0.3 is 16.0 Å². The number of likely N-dealkylation sites (N-methyl/N-ethyl adjacent to an activating group) is 1. The summed E-state index contributed by atoms with van der Waals surface area (Å²) < 4.78 is 0. The van der Waals surface area contributed by atoms with Crippen LogP contribution in [0.25, 0.3) is 0 Å². The predicted molar refractivity (Wildman–Crippen MR) is 68.4 cm³/mol. The summed E-state index contributed by atoms with van der Waals surface area (Å²) in [5.41, 5.74) is 5.40. The molecule has 0 saturated carbocycles. The Kier molecular flexibility index (Phi) is 7.54. The van der Waals surface area contributed by atoms with Crippen molar-refractivity contribution in [2.24, 2.45) is 11.7 Å². The Bertz CT molecular complexity index is 254. The highest BCUT2D eigenvalue weighted by atomic mass is 16.2.